The zero-order valence-corrected chi connectivity index (χ0v) is 15.7. The predicted octanol–water partition coefficient (Wildman–Crippen LogP) is 3.18. The largest absolute Gasteiger partial charge is 0.449 e. The normalized spacial score (nSPS) is 14.7. The van der Waals surface area contributed by atoms with Gasteiger partial charge in [-0.2, -0.15) is 0 Å². The number of nitrogens with one attached hydrogen (secondary N) is 1. The molecule has 1 atom stereocenters. The van der Waals surface area contributed by atoms with E-state index in [2.05, 4.69) is 5.32 Å². The fourth-order valence-electron chi connectivity index (χ4n) is 2.70. The number of carbonyl (C=O) groups excluding carboxylic acids is 4. The quantitative estimate of drug-likeness (QED) is 0.614. The monoisotopic (exact) mass is 400 g/mol. The Labute approximate surface area is 166 Å². The summed E-state index contributed by atoms with van der Waals surface area (Å²) in [5.41, 5.74) is 1.09. The minimum absolute atomic E-state index is 0.182. The average Bonchev–Trinajstić information content (AvgIpc) is 3.00. The van der Waals surface area contributed by atoms with Crippen molar-refractivity contribution in [2.75, 3.05) is 10.2 Å². The van der Waals surface area contributed by atoms with Crippen molar-refractivity contribution in [3.8, 4) is 0 Å². The number of benzene rings is 2. The summed E-state index contributed by atoms with van der Waals surface area (Å²) in [6.45, 7) is 1.45. The van der Waals surface area contributed by atoms with Gasteiger partial charge in [-0.3, -0.25) is 19.3 Å². The molecule has 1 aliphatic heterocycles. The van der Waals surface area contributed by atoms with Gasteiger partial charge in [0.15, 0.2) is 6.10 Å². The number of esters is 1. The molecule has 1 fully saturated rings. The van der Waals surface area contributed by atoms with E-state index < -0.39 is 18.0 Å². The molecule has 2 aromatic carbocycles. The molecule has 8 heteroatoms. The fraction of sp³-hybridized carbons (Fsp3) is 0.200. The summed E-state index contributed by atoms with van der Waals surface area (Å²) in [4.78, 5) is 49.0. The van der Waals surface area contributed by atoms with Crippen LogP contribution in [0.3, 0.4) is 0 Å². The van der Waals surface area contributed by atoms with Gasteiger partial charge in [-0.1, -0.05) is 17.7 Å². The Bertz CT molecular complexity index is 926. The molecule has 1 N–H and O–H groups in total. The number of rotatable bonds is 5. The fourth-order valence-corrected chi connectivity index (χ4v) is 2.89. The summed E-state index contributed by atoms with van der Waals surface area (Å²) in [6.07, 6.45) is -0.670. The van der Waals surface area contributed by atoms with Gasteiger partial charge in [0, 0.05) is 23.6 Å². The third kappa shape index (κ3) is 4.37. The molecule has 0 aromatic heterocycles. The summed E-state index contributed by atoms with van der Waals surface area (Å²) >= 11 is 5.87. The molecular weight excluding hydrogens is 384 g/mol. The maximum Gasteiger partial charge on any atom is 0.338 e. The van der Waals surface area contributed by atoms with Crippen molar-refractivity contribution in [1.82, 2.24) is 0 Å². The molecule has 0 radical (unpaired) electrons. The van der Waals surface area contributed by atoms with Crippen LogP contribution in [-0.2, 0) is 19.1 Å². The molecule has 0 spiro atoms. The van der Waals surface area contributed by atoms with Gasteiger partial charge in [-0.05, 0) is 49.4 Å². The SMILES string of the molecule is CC(OC(=O)c1ccc(N2C(=O)CCC2=O)cc1)C(=O)Nc1cccc(Cl)c1. The van der Waals surface area contributed by atoms with E-state index in [1.54, 1.807) is 24.3 Å². The van der Waals surface area contributed by atoms with Crippen LogP contribution in [0.15, 0.2) is 48.5 Å². The third-order valence-corrected chi connectivity index (χ3v) is 4.39. The lowest BCUT2D eigenvalue weighted by molar-refractivity contribution is -0.124. The molecule has 1 unspecified atom stereocenters. The molecular formula is C20H17ClN2O5. The van der Waals surface area contributed by atoms with Gasteiger partial charge < -0.3 is 10.1 Å². The van der Waals surface area contributed by atoms with Crippen LogP contribution in [0.2, 0.25) is 5.02 Å². The Hall–Kier alpha value is -3.19. The predicted molar refractivity (Wildman–Crippen MR) is 103 cm³/mol. The molecule has 144 valence electrons. The van der Waals surface area contributed by atoms with Crippen LogP contribution in [0.4, 0.5) is 11.4 Å². The molecule has 3 rings (SSSR count). The van der Waals surface area contributed by atoms with Crippen LogP contribution in [0.5, 0.6) is 0 Å². The van der Waals surface area contributed by atoms with Crippen molar-refractivity contribution in [1.29, 1.82) is 0 Å². The lowest BCUT2D eigenvalue weighted by Gasteiger charge is -2.15. The zero-order valence-electron chi connectivity index (χ0n) is 15.0. The van der Waals surface area contributed by atoms with Gasteiger partial charge >= 0.3 is 5.97 Å². The van der Waals surface area contributed by atoms with Crippen molar-refractivity contribution in [2.45, 2.75) is 25.9 Å². The first kappa shape index (κ1) is 19.6. The minimum atomic E-state index is -1.03. The van der Waals surface area contributed by atoms with Crippen LogP contribution in [0.1, 0.15) is 30.1 Å². The van der Waals surface area contributed by atoms with Gasteiger partial charge in [0.05, 0.1) is 11.3 Å². The first-order chi connectivity index (χ1) is 13.3. The molecule has 28 heavy (non-hydrogen) atoms. The number of nitrogens with zero attached hydrogens (tertiary/aromatic N) is 1. The first-order valence-corrected chi connectivity index (χ1v) is 8.96. The highest BCUT2D eigenvalue weighted by Gasteiger charge is 2.30. The summed E-state index contributed by atoms with van der Waals surface area (Å²) in [5.74, 6) is -1.74. The van der Waals surface area contributed by atoms with Crippen molar-refractivity contribution in [2.24, 2.45) is 0 Å². The van der Waals surface area contributed by atoms with E-state index in [1.165, 1.54) is 31.2 Å². The number of anilines is 2. The highest BCUT2D eigenvalue weighted by Crippen LogP contribution is 2.23. The van der Waals surface area contributed by atoms with Crippen molar-refractivity contribution in [3.05, 3.63) is 59.1 Å². The topological polar surface area (TPSA) is 92.8 Å². The summed E-state index contributed by atoms with van der Waals surface area (Å²) < 4.78 is 5.18. The van der Waals surface area contributed by atoms with E-state index in [4.69, 9.17) is 16.3 Å². The van der Waals surface area contributed by atoms with E-state index in [-0.39, 0.29) is 30.2 Å². The standard InChI is InChI=1S/C20H17ClN2O5/c1-12(19(26)22-15-4-2-3-14(21)11-15)28-20(27)13-5-7-16(8-6-13)23-17(24)9-10-18(23)25/h2-8,11-12H,9-10H2,1H3,(H,22,26). The van der Waals surface area contributed by atoms with Gasteiger partial charge in [0.2, 0.25) is 11.8 Å². The first-order valence-electron chi connectivity index (χ1n) is 8.58. The molecule has 7 nitrogen and oxygen atoms in total. The number of hydrogen-bond acceptors (Lipinski definition) is 5. The second-order valence-electron chi connectivity index (χ2n) is 6.22. The van der Waals surface area contributed by atoms with Gasteiger partial charge in [-0.15, -0.1) is 0 Å². The summed E-state index contributed by atoms with van der Waals surface area (Å²) in [6, 6.07) is 12.5. The van der Waals surface area contributed by atoms with E-state index in [1.807, 2.05) is 0 Å². The molecule has 1 saturated heterocycles. The molecule has 0 saturated carbocycles. The second kappa shape index (κ2) is 8.22. The lowest BCUT2D eigenvalue weighted by atomic mass is 10.2. The van der Waals surface area contributed by atoms with Crippen LogP contribution < -0.4 is 10.2 Å². The van der Waals surface area contributed by atoms with Crippen molar-refractivity contribution < 1.29 is 23.9 Å². The molecule has 1 heterocycles. The van der Waals surface area contributed by atoms with Gasteiger partial charge in [0.1, 0.15) is 0 Å². The number of halogens is 1. The highest BCUT2D eigenvalue weighted by atomic mass is 35.5. The smallest absolute Gasteiger partial charge is 0.338 e. The number of carbonyl (C=O) groups is 4. The Morgan fingerprint density at radius 2 is 1.71 bits per heavy atom. The van der Waals surface area contributed by atoms with Crippen molar-refractivity contribution in [3.63, 3.8) is 0 Å². The molecule has 0 bridgehead atoms. The van der Waals surface area contributed by atoms with Crippen LogP contribution in [0.25, 0.3) is 0 Å². The van der Waals surface area contributed by atoms with E-state index in [0.29, 0.717) is 16.4 Å². The van der Waals surface area contributed by atoms with Crippen LogP contribution in [-0.4, -0.2) is 29.8 Å². The van der Waals surface area contributed by atoms with Crippen LogP contribution in [0, 0.1) is 0 Å². The Morgan fingerprint density at radius 3 is 2.32 bits per heavy atom. The van der Waals surface area contributed by atoms with Crippen molar-refractivity contribution >= 4 is 46.7 Å². The number of ether oxygens (including phenoxy) is 1. The van der Waals surface area contributed by atoms with Gasteiger partial charge in [-0.25, -0.2) is 4.79 Å². The Morgan fingerprint density at radius 1 is 1.07 bits per heavy atom. The second-order valence-corrected chi connectivity index (χ2v) is 6.65. The summed E-state index contributed by atoms with van der Waals surface area (Å²) in [5, 5.41) is 3.08. The maximum absolute atomic E-state index is 12.3. The molecule has 0 aliphatic carbocycles. The van der Waals surface area contributed by atoms with E-state index in [0.717, 1.165) is 4.90 Å². The zero-order chi connectivity index (χ0) is 20.3. The number of imide groups is 1. The Balaban J connectivity index is 1.61. The average molecular weight is 401 g/mol. The maximum atomic E-state index is 12.3. The third-order valence-electron chi connectivity index (χ3n) is 4.16. The number of amides is 3. The van der Waals surface area contributed by atoms with Gasteiger partial charge in [0.25, 0.3) is 5.91 Å². The van der Waals surface area contributed by atoms with E-state index >= 15 is 0 Å². The Kier molecular flexibility index (Phi) is 5.75. The molecule has 2 aromatic rings. The number of hydrogen-bond donors (Lipinski definition) is 1. The highest BCUT2D eigenvalue weighted by molar-refractivity contribution is 6.30. The molecule has 1 aliphatic rings. The minimum Gasteiger partial charge on any atom is -0.449 e. The van der Waals surface area contributed by atoms with E-state index in [9.17, 15) is 19.2 Å². The lowest BCUT2D eigenvalue weighted by Crippen LogP contribution is -2.30. The molecule has 3 amide bonds. The van der Waals surface area contributed by atoms with Crippen LogP contribution >= 0.6 is 11.6 Å². The summed E-state index contributed by atoms with van der Waals surface area (Å²) in [7, 11) is 0.